The van der Waals surface area contributed by atoms with Crippen LogP contribution in [0.3, 0.4) is 0 Å². The molecule has 0 bridgehead atoms. The average Bonchev–Trinajstić information content (AvgIpc) is 2.39. The molecule has 0 heterocycles. The Morgan fingerprint density at radius 2 is 2.05 bits per heavy atom. The van der Waals surface area contributed by atoms with Gasteiger partial charge in [0.05, 0.1) is 5.02 Å². The van der Waals surface area contributed by atoms with E-state index in [2.05, 4.69) is 0 Å². The van der Waals surface area contributed by atoms with Crippen LogP contribution in [0.25, 0.3) is 0 Å². The third kappa shape index (κ3) is 4.28. The molecule has 0 aliphatic heterocycles. The van der Waals surface area contributed by atoms with Crippen molar-refractivity contribution in [2.24, 2.45) is 0 Å². The van der Waals surface area contributed by atoms with Crippen molar-refractivity contribution >= 4 is 35.1 Å². The molecule has 1 aromatic carbocycles. The number of amides is 1. The standard InChI is InChI=1S/C13H15Cl2NO4/c1-3-10(13(18)19)16(2)12(17)7-20-11-6-8(14)4-5-9(11)15/h4-6,10H,3,7H2,1-2H3,(H,18,19). The first-order valence-electron chi connectivity index (χ1n) is 5.93. The highest BCUT2D eigenvalue weighted by Gasteiger charge is 2.24. The van der Waals surface area contributed by atoms with Gasteiger partial charge in [0, 0.05) is 18.1 Å². The molecule has 0 aliphatic carbocycles. The molecule has 1 atom stereocenters. The highest BCUT2D eigenvalue weighted by atomic mass is 35.5. The predicted molar refractivity (Wildman–Crippen MR) is 76.4 cm³/mol. The van der Waals surface area contributed by atoms with Gasteiger partial charge >= 0.3 is 5.97 Å². The van der Waals surface area contributed by atoms with Crippen LogP contribution in [-0.2, 0) is 9.59 Å². The Kier molecular flexibility index (Phi) is 6.10. The number of hydrogen-bond acceptors (Lipinski definition) is 3. The Hall–Kier alpha value is -1.46. The number of carboxylic acid groups (broad SMARTS) is 1. The normalized spacial score (nSPS) is 11.8. The van der Waals surface area contributed by atoms with Gasteiger partial charge in [0.15, 0.2) is 6.61 Å². The molecule has 1 N–H and O–H groups in total. The number of rotatable bonds is 6. The van der Waals surface area contributed by atoms with E-state index in [4.69, 9.17) is 33.0 Å². The lowest BCUT2D eigenvalue weighted by Gasteiger charge is -2.23. The first-order chi connectivity index (χ1) is 9.36. The molecule has 0 aliphatic rings. The summed E-state index contributed by atoms with van der Waals surface area (Å²) in [6.07, 6.45) is 0.315. The molecular weight excluding hydrogens is 305 g/mol. The number of hydrogen-bond donors (Lipinski definition) is 1. The molecule has 0 saturated heterocycles. The van der Waals surface area contributed by atoms with E-state index in [1.165, 1.54) is 13.1 Å². The Morgan fingerprint density at radius 3 is 2.60 bits per heavy atom. The molecule has 7 heteroatoms. The van der Waals surface area contributed by atoms with Gasteiger partial charge in [-0.25, -0.2) is 4.79 Å². The summed E-state index contributed by atoms with van der Waals surface area (Å²) in [7, 11) is 1.42. The second-order valence-corrected chi connectivity index (χ2v) is 4.97. The van der Waals surface area contributed by atoms with Crippen molar-refractivity contribution in [2.75, 3.05) is 13.7 Å². The molecule has 5 nitrogen and oxygen atoms in total. The predicted octanol–water partition coefficient (Wildman–Crippen LogP) is 2.69. The fourth-order valence-corrected chi connectivity index (χ4v) is 1.95. The smallest absolute Gasteiger partial charge is 0.326 e. The van der Waals surface area contributed by atoms with Gasteiger partial charge in [0.1, 0.15) is 11.8 Å². The van der Waals surface area contributed by atoms with E-state index in [9.17, 15) is 9.59 Å². The molecule has 0 aromatic heterocycles. The lowest BCUT2D eigenvalue weighted by molar-refractivity contribution is -0.149. The third-order valence-corrected chi connectivity index (χ3v) is 3.32. The molecule has 1 rings (SSSR count). The van der Waals surface area contributed by atoms with E-state index in [0.717, 1.165) is 4.90 Å². The molecule has 110 valence electrons. The number of carbonyl (C=O) groups excluding carboxylic acids is 1. The number of likely N-dealkylation sites (N-methyl/N-ethyl adjacent to an activating group) is 1. The summed E-state index contributed by atoms with van der Waals surface area (Å²) in [4.78, 5) is 24.0. The largest absolute Gasteiger partial charge is 0.482 e. The van der Waals surface area contributed by atoms with E-state index in [-0.39, 0.29) is 12.4 Å². The number of carbonyl (C=O) groups is 2. The zero-order chi connectivity index (χ0) is 15.3. The Balaban J connectivity index is 2.67. The van der Waals surface area contributed by atoms with Crippen LogP contribution < -0.4 is 4.74 Å². The van der Waals surface area contributed by atoms with Gasteiger partial charge in [-0.2, -0.15) is 0 Å². The minimum Gasteiger partial charge on any atom is -0.482 e. The number of nitrogens with zero attached hydrogens (tertiary/aromatic N) is 1. The van der Waals surface area contributed by atoms with Gasteiger partial charge in [0.2, 0.25) is 0 Å². The van der Waals surface area contributed by atoms with Gasteiger partial charge < -0.3 is 14.7 Å². The highest BCUT2D eigenvalue weighted by molar-refractivity contribution is 6.34. The van der Waals surface area contributed by atoms with Crippen LogP contribution in [0.2, 0.25) is 10.0 Å². The molecular formula is C13H15Cl2NO4. The summed E-state index contributed by atoms with van der Waals surface area (Å²) in [5.74, 6) is -1.22. The first-order valence-corrected chi connectivity index (χ1v) is 6.68. The quantitative estimate of drug-likeness (QED) is 0.875. The van der Waals surface area contributed by atoms with E-state index >= 15 is 0 Å². The van der Waals surface area contributed by atoms with Crippen LogP contribution in [0.1, 0.15) is 13.3 Å². The van der Waals surface area contributed by atoms with Crippen LogP contribution in [0.5, 0.6) is 5.75 Å². The van der Waals surface area contributed by atoms with Crippen LogP contribution in [0.15, 0.2) is 18.2 Å². The van der Waals surface area contributed by atoms with Crippen LogP contribution in [0.4, 0.5) is 0 Å². The minimum atomic E-state index is -1.05. The molecule has 1 amide bonds. The number of aliphatic carboxylic acids is 1. The van der Waals surface area contributed by atoms with Crippen molar-refractivity contribution in [3.05, 3.63) is 28.2 Å². The first kappa shape index (κ1) is 16.6. The molecule has 0 saturated carbocycles. The maximum absolute atomic E-state index is 11.9. The molecule has 0 fully saturated rings. The van der Waals surface area contributed by atoms with E-state index in [1.807, 2.05) is 0 Å². The fourth-order valence-electron chi connectivity index (χ4n) is 1.62. The third-order valence-electron chi connectivity index (χ3n) is 2.78. The second kappa shape index (κ2) is 7.36. The Labute approximate surface area is 127 Å². The molecule has 1 unspecified atom stereocenters. The van der Waals surface area contributed by atoms with E-state index < -0.39 is 17.9 Å². The SMILES string of the molecule is CCC(C(=O)O)N(C)C(=O)COc1cc(Cl)ccc1Cl. The second-order valence-electron chi connectivity index (χ2n) is 4.13. The zero-order valence-electron chi connectivity index (χ0n) is 11.1. The van der Waals surface area contributed by atoms with E-state index in [0.29, 0.717) is 16.5 Å². The van der Waals surface area contributed by atoms with Crippen molar-refractivity contribution in [1.29, 1.82) is 0 Å². The topological polar surface area (TPSA) is 66.8 Å². The monoisotopic (exact) mass is 319 g/mol. The molecule has 20 heavy (non-hydrogen) atoms. The van der Waals surface area contributed by atoms with Crippen molar-refractivity contribution in [2.45, 2.75) is 19.4 Å². The number of carboxylic acids is 1. The zero-order valence-corrected chi connectivity index (χ0v) is 12.6. The van der Waals surface area contributed by atoms with Crippen LogP contribution in [-0.4, -0.2) is 41.6 Å². The molecule has 1 aromatic rings. The van der Waals surface area contributed by atoms with Crippen molar-refractivity contribution < 1.29 is 19.4 Å². The Morgan fingerprint density at radius 1 is 1.40 bits per heavy atom. The van der Waals surface area contributed by atoms with Crippen molar-refractivity contribution in [3.63, 3.8) is 0 Å². The van der Waals surface area contributed by atoms with Gasteiger partial charge in [-0.3, -0.25) is 4.79 Å². The summed E-state index contributed by atoms with van der Waals surface area (Å²) in [5, 5.41) is 9.75. The molecule has 0 spiro atoms. The summed E-state index contributed by atoms with van der Waals surface area (Å²) in [6, 6.07) is 3.77. The minimum absolute atomic E-state index is 0.282. The summed E-state index contributed by atoms with van der Waals surface area (Å²) >= 11 is 11.7. The Bertz CT molecular complexity index is 507. The summed E-state index contributed by atoms with van der Waals surface area (Å²) in [5.41, 5.74) is 0. The van der Waals surface area contributed by atoms with Crippen molar-refractivity contribution in [1.82, 2.24) is 4.90 Å². The summed E-state index contributed by atoms with van der Waals surface area (Å²) < 4.78 is 5.27. The average molecular weight is 320 g/mol. The maximum atomic E-state index is 11.9. The molecule has 0 radical (unpaired) electrons. The van der Waals surface area contributed by atoms with Crippen LogP contribution in [0, 0.1) is 0 Å². The fraction of sp³-hybridized carbons (Fsp3) is 0.385. The summed E-state index contributed by atoms with van der Waals surface area (Å²) in [6.45, 7) is 1.39. The number of halogens is 2. The van der Waals surface area contributed by atoms with Gasteiger partial charge in [-0.1, -0.05) is 30.1 Å². The van der Waals surface area contributed by atoms with E-state index in [1.54, 1.807) is 19.1 Å². The lowest BCUT2D eigenvalue weighted by Crippen LogP contribution is -2.44. The van der Waals surface area contributed by atoms with Gasteiger partial charge in [-0.15, -0.1) is 0 Å². The lowest BCUT2D eigenvalue weighted by atomic mass is 10.2. The van der Waals surface area contributed by atoms with Gasteiger partial charge in [0.25, 0.3) is 5.91 Å². The van der Waals surface area contributed by atoms with Gasteiger partial charge in [-0.05, 0) is 18.6 Å². The van der Waals surface area contributed by atoms with Crippen molar-refractivity contribution in [3.8, 4) is 5.75 Å². The maximum Gasteiger partial charge on any atom is 0.326 e. The number of benzene rings is 1. The highest BCUT2D eigenvalue weighted by Crippen LogP contribution is 2.27. The van der Waals surface area contributed by atoms with Crippen LogP contribution >= 0.6 is 23.2 Å². The number of ether oxygens (including phenoxy) is 1.